The van der Waals surface area contributed by atoms with Gasteiger partial charge in [0.1, 0.15) is 0 Å². The first kappa shape index (κ1) is 22.3. The number of ketones is 4. The van der Waals surface area contributed by atoms with Crippen molar-refractivity contribution in [1.82, 2.24) is 0 Å². The van der Waals surface area contributed by atoms with E-state index >= 15 is 0 Å². The van der Waals surface area contributed by atoms with E-state index < -0.39 is 17.1 Å². The van der Waals surface area contributed by atoms with Crippen molar-refractivity contribution in [1.29, 1.82) is 0 Å². The van der Waals surface area contributed by atoms with E-state index in [-0.39, 0.29) is 59.6 Å². The summed E-state index contributed by atoms with van der Waals surface area (Å²) in [4.78, 5) is 47.2. The molecule has 0 fully saturated rings. The number of carbonyl (C=O) groups is 4. The summed E-state index contributed by atoms with van der Waals surface area (Å²) >= 11 is -0.993. The van der Waals surface area contributed by atoms with Crippen LogP contribution in [0.15, 0.2) is 0 Å². The van der Waals surface area contributed by atoms with Gasteiger partial charge >= 0.3 is 148 Å². The van der Waals surface area contributed by atoms with E-state index in [4.69, 9.17) is 0 Å². The maximum absolute atomic E-state index is 12.0. The van der Waals surface area contributed by atoms with Crippen LogP contribution in [0.1, 0.15) is 54.4 Å². The molecule has 0 amide bonds. The molecule has 0 spiro atoms. The van der Waals surface area contributed by atoms with E-state index in [1.54, 1.807) is 0 Å². The number of Topliss-reactive ketones (excluding diaryl/α,β-unsaturated/α-hetero) is 4. The number of carbonyl (C=O) groups excluding carboxylic acids is 4. The Hall–Kier alpha value is -0.697. The molecule has 0 aliphatic carbocycles. The Morgan fingerprint density at radius 2 is 0.913 bits per heavy atom. The predicted octanol–water partition coefficient (Wildman–Crippen LogP) is 3.55. The van der Waals surface area contributed by atoms with Crippen molar-refractivity contribution in [2.75, 3.05) is 0 Å². The van der Waals surface area contributed by atoms with Crippen molar-refractivity contribution in [3.8, 4) is 0 Å². The average Bonchev–Trinajstić information content (AvgIpc) is 2.46. The van der Waals surface area contributed by atoms with Crippen molar-refractivity contribution in [3.63, 3.8) is 0 Å². The van der Waals surface area contributed by atoms with Gasteiger partial charge in [-0.15, -0.1) is 0 Å². The van der Waals surface area contributed by atoms with Gasteiger partial charge in [-0.2, -0.15) is 0 Å². The molecular weight excluding hydrogens is 346 g/mol. The molecule has 0 radical (unpaired) electrons. The molecule has 0 aliphatic rings. The van der Waals surface area contributed by atoms with Gasteiger partial charge in [-0.05, 0) is 0 Å². The fourth-order valence-corrected chi connectivity index (χ4v) is 6.57. The van der Waals surface area contributed by atoms with Crippen LogP contribution >= 0.6 is 0 Å². The molecule has 0 rings (SSSR count). The summed E-state index contributed by atoms with van der Waals surface area (Å²) in [6.45, 7) is 11.0. The zero-order valence-corrected chi connectivity index (χ0v) is 18.4. The first-order valence-electron chi connectivity index (χ1n) is 8.67. The molecule has 0 aromatic carbocycles. The molecule has 5 heteroatoms. The maximum atomic E-state index is 12.0. The number of hydrogen-bond acceptors (Lipinski definition) is 4. The summed E-state index contributed by atoms with van der Waals surface area (Å²) in [6, 6.07) is 0. The molecule has 0 aromatic heterocycles. The molecule has 2 unspecified atom stereocenters. The Balaban J connectivity index is 4.13. The average molecular weight is 376 g/mol. The van der Waals surface area contributed by atoms with E-state index in [2.05, 4.69) is 0 Å². The topological polar surface area (TPSA) is 68.3 Å². The second-order valence-corrected chi connectivity index (χ2v) is 11.2. The predicted molar refractivity (Wildman–Crippen MR) is 86.9 cm³/mol. The van der Waals surface area contributed by atoms with Crippen LogP contribution in [0.4, 0.5) is 0 Å². The van der Waals surface area contributed by atoms with Crippen LogP contribution in [-0.2, 0) is 36.3 Å². The van der Waals surface area contributed by atoms with Gasteiger partial charge in [0, 0.05) is 0 Å². The Labute approximate surface area is 147 Å². The third-order valence-electron chi connectivity index (χ3n) is 4.36. The monoisotopic (exact) mass is 374 g/mol. The van der Waals surface area contributed by atoms with Crippen LogP contribution in [0.3, 0.4) is 0 Å². The fourth-order valence-electron chi connectivity index (χ4n) is 2.15. The normalized spacial score (nSPS) is 13.6. The van der Waals surface area contributed by atoms with Crippen LogP contribution in [0, 0.1) is 23.7 Å². The molecule has 23 heavy (non-hydrogen) atoms. The van der Waals surface area contributed by atoms with Gasteiger partial charge in [0.05, 0.1) is 0 Å². The number of rotatable bonds is 12. The molecular formula is C18H30O4Zn. The summed E-state index contributed by atoms with van der Waals surface area (Å²) < 4.78 is 0. The fraction of sp³-hybridized carbons (Fsp3) is 0.778. The van der Waals surface area contributed by atoms with Gasteiger partial charge in [-0.25, -0.2) is 0 Å². The minimum atomic E-state index is -0.993. The van der Waals surface area contributed by atoms with Crippen molar-refractivity contribution < 1.29 is 36.3 Å². The third-order valence-corrected chi connectivity index (χ3v) is 9.71. The van der Waals surface area contributed by atoms with E-state index in [0.29, 0.717) is 0 Å². The molecule has 4 nitrogen and oxygen atoms in total. The first-order chi connectivity index (χ1) is 10.6. The Kier molecular flexibility index (Phi) is 10.6. The van der Waals surface area contributed by atoms with Crippen molar-refractivity contribution in [2.24, 2.45) is 23.7 Å². The molecule has 0 bridgehead atoms. The van der Waals surface area contributed by atoms with Crippen molar-refractivity contribution >= 4 is 23.1 Å². The van der Waals surface area contributed by atoms with Crippen LogP contribution in [0.25, 0.3) is 0 Å². The van der Waals surface area contributed by atoms with Gasteiger partial charge in [0.2, 0.25) is 0 Å². The molecule has 0 heterocycles. The van der Waals surface area contributed by atoms with E-state index in [9.17, 15) is 19.2 Å². The van der Waals surface area contributed by atoms with Crippen LogP contribution in [0.2, 0.25) is 10.0 Å². The third kappa shape index (κ3) is 9.24. The van der Waals surface area contributed by atoms with Crippen molar-refractivity contribution in [3.05, 3.63) is 0 Å². The summed E-state index contributed by atoms with van der Waals surface area (Å²) in [7, 11) is 0. The second-order valence-electron chi connectivity index (χ2n) is 7.26. The van der Waals surface area contributed by atoms with E-state index in [1.807, 2.05) is 41.5 Å². The van der Waals surface area contributed by atoms with E-state index in [1.165, 1.54) is 0 Å². The van der Waals surface area contributed by atoms with Crippen LogP contribution in [-0.4, -0.2) is 23.1 Å². The molecule has 0 saturated carbocycles. The quantitative estimate of drug-likeness (QED) is 0.386. The standard InChI is InChI=1S/2C9H15O2.Zn/c2*1-6(2)8(10)5-9(11)7(3)4;/h2*6-7H,1,5H2,2-4H3;. The summed E-state index contributed by atoms with van der Waals surface area (Å²) in [5, 5.41) is 1.74. The zero-order valence-electron chi connectivity index (χ0n) is 15.5. The van der Waals surface area contributed by atoms with Crippen LogP contribution < -0.4 is 0 Å². The molecule has 0 aliphatic heterocycles. The van der Waals surface area contributed by atoms with Gasteiger partial charge in [-0.1, -0.05) is 0 Å². The zero-order chi connectivity index (χ0) is 18.2. The van der Waals surface area contributed by atoms with Crippen molar-refractivity contribution in [2.45, 2.75) is 64.4 Å². The number of hydrogen-bond donors (Lipinski definition) is 0. The Morgan fingerprint density at radius 3 is 1.17 bits per heavy atom. The second kappa shape index (κ2) is 11.0. The van der Waals surface area contributed by atoms with Gasteiger partial charge in [0.25, 0.3) is 0 Å². The molecule has 0 aromatic rings. The van der Waals surface area contributed by atoms with Crippen LogP contribution in [0.5, 0.6) is 0 Å². The molecule has 0 saturated heterocycles. The first-order valence-corrected chi connectivity index (χ1v) is 12.9. The van der Waals surface area contributed by atoms with Gasteiger partial charge in [0.15, 0.2) is 0 Å². The van der Waals surface area contributed by atoms with Gasteiger partial charge < -0.3 is 0 Å². The summed E-state index contributed by atoms with van der Waals surface area (Å²) in [5.74, 6) is -0.260. The Bertz CT molecular complexity index is 400. The molecule has 0 N–H and O–H groups in total. The van der Waals surface area contributed by atoms with Gasteiger partial charge in [-0.3, -0.25) is 0 Å². The van der Waals surface area contributed by atoms with E-state index in [0.717, 1.165) is 10.0 Å². The summed E-state index contributed by atoms with van der Waals surface area (Å²) in [6.07, 6.45) is 0.0803. The SMILES string of the molecule is CC(C)C(=O)CC(=O)C(C)[CH2][Zn][CH2]C(C)C(=O)CC(=O)C(C)C. The Morgan fingerprint density at radius 1 is 0.609 bits per heavy atom. The molecule has 128 valence electrons. The minimum absolute atomic E-state index is 0.00472. The molecule has 2 atom stereocenters. The summed E-state index contributed by atoms with van der Waals surface area (Å²) in [5.41, 5.74) is 0.